The van der Waals surface area contributed by atoms with Crippen LogP contribution >= 0.6 is 0 Å². The molecule has 0 saturated carbocycles. The Morgan fingerprint density at radius 1 is 1.26 bits per heavy atom. The van der Waals surface area contributed by atoms with Gasteiger partial charge < -0.3 is 20.3 Å². The molecule has 122 valence electrons. The number of benzene rings is 1. The van der Waals surface area contributed by atoms with Gasteiger partial charge in [-0.25, -0.2) is 0 Å². The fourth-order valence-electron chi connectivity index (χ4n) is 4.02. The first-order valence-electron chi connectivity index (χ1n) is 8.42. The van der Waals surface area contributed by atoms with Gasteiger partial charge in [0.25, 0.3) is 5.91 Å². The maximum atomic E-state index is 13.3. The second-order valence-corrected chi connectivity index (χ2v) is 6.64. The van der Waals surface area contributed by atoms with Crippen LogP contribution < -0.4 is 10.6 Å². The number of nitrogens with two attached hydrogens (primary N) is 1. The minimum Gasteiger partial charge on any atom is -0.399 e. The lowest BCUT2D eigenvalue weighted by Gasteiger charge is -2.31. The van der Waals surface area contributed by atoms with Gasteiger partial charge in [0.1, 0.15) is 0 Å². The number of nitrogens with zero attached hydrogens (tertiary/aromatic N) is 2. The topological polar surface area (TPSA) is 58.8 Å². The van der Waals surface area contributed by atoms with Gasteiger partial charge in [0.05, 0.1) is 11.3 Å². The molecular weight excluding hydrogens is 290 g/mol. The van der Waals surface area contributed by atoms with Crippen LogP contribution in [0.4, 0.5) is 11.4 Å². The zero-order chi connectivity index (χ0) is 16.0. The molecule has 5 heteroatoms. The van der Waals surface area contributed by atoms with Crippen molar-refractivity contribution in [2.45, 2.75) is 31.7 Å². The molecule has 3 aliphatic heterocycles. The van der Waals surface area contributed by atoms with Gasteiger partial charge in [-0.3, -0.25) is 4.79 Å². The lowest BCUT2D eigenvalue weighted by molar-refractivity contribution is -0.113. The third-order valence-corrected chi connectivity index (χ3v) is 5.19. The molecule has 4 rings (SSSR count). The van der Waals surface area contributed by atoms with Crippen LogP contribution in [0, 0.1) is 0 Å². The average molecular weight is 313 g/mol. The van der Waals surface area contributed by atoms with Gasteiger partial charge in [-0.05, 0) is 43.9 Å². The molecule has 0 aliphatic carbocycles. The number of ether oxygens (including phenoxy) is 1. The van der Waals surface area contributed by atoms with E-state index >= 15 is 0 Å². The van der Waals surface area contributed by atoms with Gasteiger partial charge in [0.15, 0.2) is 0 Å². The first-order valence-corrected chi connectivity index (χ1v) is 8.42. The number of carbonyl (C=O) groups excluding carboxylic acids is 1. The molecule has 0 bridgehead atoms. The Bertz CT molecular complexity index is 677. The van der Waals surface area contributed by atoms with Crippen LogP contribution in [0.2, 0.25) is 0 Å². The van der Waals surface area contributed by atoms with E-state index in [1.54, 1.807) is 0 Å². The Kier molecular flexibility index (Phi) is 3.53. The van der Waals surface area contributed by atoms with E-state index in [9.17, 15) is 4.79 Å². The normalized spacial score (nSPS) is 25.3. The minimum absolute atomic E-state index is 0.140. The van der Waals surface area contributed by atoms with Crippen LogP contribution in [0.5, 0.6) is 0 Å². The number of anilines is 2. The number of amides is 1. The molecule has 1 amide bonds. The standard InChI is InChI=1S/C18H23N3O2/c1-20-8-2-3-16(20)17-14-11-12(19)4-5-15(14)21(18(17)22)13-6-9-23-10-7-13/h4-5,11,13H,2-3,6-10,19H2,1H3/b17-16-. The van der Waals surface area contributed by atoms with Crippen LogP contribution in [0.1, 0.15) is 31.2 Å². The molecular formula is C18H23N3O2. The summed E-state index contributed by atoms with van der Waals surface area (Å²) in [4.78, 5) is 17.5. The molecule has 2 saturated heterocycles. The summed E-state index contributed by atoms with van der Waals surface area (Å²) in [5.41, 5.74) is 10.8. The molecule has 2 N–H and O–H groups in total. The first-order chi connectivity index (χ1) is 11.2. The fourth-order valence-corrected chi connectivity index (χ4v) is 4.02. The molecule has 3 heterocycles. The number of nitrogen functional groups attached to an aromatic ring is 1. The van der Waals surface area contributed by atoms with E-state index in [-0.39, 0.29) is 11.9 Å². The van der Waals surface area contributed by atoms with E-state index in [0.717, 1.165) is 68.0 Å². The molecule has 0 unspecified atom stereocenters. The van der Waals surface area contributed by atoms with E-state index in [1.165, 1.54) is 0 Å². The van der Waals surface area contributed by atoms with Crippen molar-refractivity contribution in [2.24, 2.45) is 0 Å². The second-order valence-electron chi connectivity index (χ2n) is 6.64. The number of hydrogen-bond donors (Lipinski definition) is 1. The quantitative estimate of drug-likeness (QED) is 0.638. The minimum atomic E-state index is 0.140. The van der Waals surface area contributed by atoms with Gasteiger partial charge in [-0.15, -0.1) is 0 Å². The van der Waals surface area contributed by atoms with Gasteiger partial charge in [0.2, 0.25) is 0 Å². The molecule has 1 aromatic carbocycles. The summed E-state index contributed by atoms with van der Waals surface area (Å²) >= 11 is 0. The largest absolute Gasteiger partial charge is 0.399 e. The predicted octanol–water partition coefficient (Wildman–Crippen LogP) is 2.23. The van der Waals surface area contributed by atoms with Gasteiger partial charge in [-0.1, -0.05) is 0 Å². The summed E-state index contributed by atoms with van der Waals surface area (Å²) in [6, 6.07) is 6.08. The summed E-state index contributed by atoms with van der Waals surface area (Å²) in [5, 5.41) is 0. The zero-order valence-electron chi connectivity index (χ0n) is 13.5. The van der Waals surface area contributed by atoms with Crippen molar-refractivity contribution in [3.63, 3.8) is 0 Å². The fraction of sp³-hybridized carbons (Fsp3) is 0.500. The Balaban J connectivity index is 1.84. The molecule has 1 aromatic rings. The van der Waals surface area contributed by atoms with Crippen LogP contribution in [0.15, 0.2) is 23.9 Å². The van der Waals surface area contributed by atoms with Crippen LogP contribution in [-0.4, -0.2) is 43.7 Å². The van der Waals surface area contributed by atoms with E-state index < -0.39 is 0 Å². The highest BCUT2D eigenvalue weighted by Gasteiger charge is 2.40. The van der Waals surface area contributed by atoms with Crippen molar-refractivity contribution >= 4 is 22.9 Å². The van der Waals surface area contributed by atoms with Crippen molar-refractivity contribution in [2.75, 3.05) is 37.4 Å². The van der Waals surface area contributed by atoms with Crippen LogP contribution in [0.3, 0.4) is 0 Å². The Labute approximate surface area is 136 Å². The summed E-state index contributed by atoms with van der Waals surface area (Å²) in [6.45, 7) is 2.47. The average Bonchev–Trinajstić information content (AvgIpc) is 3.08. The van der Waals surface area contributed by atoms with Crippen molar-refractivity contribution < 1.29 is 9.53 Å². The zero-order valence-corrected chi connectivity index (χ0v) is 13.5. The molecule has 3 aliphatic rings. The number of likely N-dealkylation sites (tertiary alicyclic amines) is 1. The number of hydrogen-bond acceptors (Lipinski definition) is 4. The molecule has 2 fully saturated rings. The third-order valence-electron chi connectivity index (χ3n) is 5.19. The second kappa shape index (κ2) is 5.57. The number of rotatable bonds is 1. The highest BCUT2D eigenvalue weighted by molar-refractivity contribution is 6.33. The van der Waals surface area contributed by atoms with Crippen molar-refractivity contribution in [1.29, 1.82) is 0 Å². The molecule has 0 radical (unpaired) electrons. The molecule has 23 heavy (non-hydrogen) atoms. The van der Waals surface area contributed by atoms with Crippen molar-refractivity contribution in [3.05, 3.63) is 29.5 Å². The van der Waals surface area contributed by atoms with E-state index in [0.29, 0.717) is 5.69 Å². The van der Waals surface area contributed by atoms with Crippen molar-refractivity contribution in [1.82, 2.24) is 4.90 Å². The van der Waals surface area contributed by atoms with Gasteiger partial charge >= 0.3 is 0 Å². The first kappa shape index (κ1) is 14.6. The van der Waals surface area contributed by atoms with E-state index in [4.69, 9.17) is 10.5 Å². The maximum absolute atomic E-state index is 13.3. The van der Waals surface area contributed by atoms with E-state index in [1.807, 2.05) is 23.1 Å². The molecule has 0 aromatic heterocycles. The summed E-state index contributed by atoms with van der Waals surface area (Å²) in [5.74, 6) is 0.140. The van der Waals surface area contributed by atoms with Gasteiger partial charge in [0, 0.05) is 49.8 Å². The summed E-state index contributed by atoms with van der Waals surface area (Å²) in [6.07, 6.45) is 3.87. The lowest BCUT2D eigenvalue weighted by atomic mass is 10.0. The highest BCUT2D eigenvalue weighted by Crippen LogP contribution is 2.44. The lowest BCUT2D eigenvalue weighted by Crippen LogP contribution is -2.41. The smallest absolute Gasteiger partial charge is 0.261 e. The van der Waals surface area contributed by atoms with Crippen LogP contribution in [0.25, 0.3) is 5.57 Å². The van der Waals surface area contributed by atoms with Crippen LogP contribution in [-0.2, 0) is 9.53 Å². The number of fused-ring (bicyclic) bond motifs is 1. The number of carbonyl (C=O) groups is 1. The SMILES string of the molecule is CN1CCC/C1=C1/C(=O)N(C2CCOCC2)c2ccc(N)cc21. The summed E-state index contributed by atoms with van der Waals surface area (Å²) < 4.78 is 5.47. The maximum Gasteiger partial charge on any atom is 0.261 e. The summed E-state index contributed by atoms with van der Waals surface area (Å²) in [7, 11) is 2.08. The van der Waals surface area contributed by atoms with Crippen molar-refractivity contribution in [3.8, 4) is 0 Å². The van der Waals surface area contributed by atoms with Gasteiger partial charge in [-0.2, -0.15) is 0 Å². The Hall–Kier alpha value is -2.01. The Morgan fingerprint density at radius 2 is 2.04 bits per heavy atom. The third kappa shape index (κ3) is 2.30. The monoisotopic (exact) mass is 313 g/mol. The predicted molar refractivity (Wildman–Crippen MR) is 91.0 cm³/mol. The molecule has 0 spiro atoms. The highest BCUT2D eigenvalue weighted by atomic mass is 16.5. The van der Waals surface area contributed by atoms with E-state index in [2.05, 4.69) is 11.9 Å². The molecule has 0 atom stereocenters. The Morgan fingerprint density at radius 3 is 2.74 bits per heavy atom. The number of allylic oxidation sites excluding steroid dienone is 1. The molecule has 5 nitrogen and oxygen atoms in total.